The van der Waals surface area contributed by atoms with Crippen molar-refractivity contribution in [1.29, 1.82) is 0 Å². The number of aromatic carboxylic acids is 2. The molecule has 22 nitrogen and oxygen atoms in total. The van der Waals surface area contributed by atoms with E-state index in [2.05, 4.69) is 45.6 Å². The number of aryl methyl sites for hydroxylation is 3. The van der Waals surface area contributed by atoms with Gasteiger partial charge in [0, 0.05) is 94.9 Å². The van der Waals surface area contributed by atoms with Crippen LogP contribution in [0.2, 0.25) is 19.6 Å². The molecule has 27 heteroatoms. The van der Waals surface area contributed by atoms with Gasteiger partial charge in [0.05, 0.1) is 55.9 Å². The molecule has 0 bridgehead atoms. The van der Waals surface area contributed by atoms with E-state index in [0.717, 1.165) is 38.0 Å². The Morgan fingerprint density at radius 2 is 0.874 bits per heavy atom. The number of halogens is 1. The van der Waals surface area contributed by atoms with E-state index in [-0.39, 0.29) is 42.0 Å². The molecular formula is C68H79BrN5O17P3Si. The van der Waals surface area contributed by atoms with Crippen LogP contribution < -0.4 is 10.6 Å². The summed E-state index contributed by atoms with van der Waals surface area (Å²) in [6, 6.07) is 40.2. The minimum atomic E-state index is -4.94. The van der Waals surface area contributed by atoms with Crippen LogP contribution in [0.25, 0.3) is 54.3 Å². The summed E-state index contributed by atoms with van der Waals surface area (Å²) in [5.41, 5.74) is 1.74. The Balaban J connectivity index is 0.000000197. The summed E-state index contributed by atoms with van der Waals surface area (Å²) < 4.78 is 71.5. The molecule has 0 saturated carbocycles. The number of nitrogens with zero attached hydrogens (tertiary/aromatic N) is 3. The first-order valence-electron chi connectivity index (χ1n) is 30.4. The van der Waals surface area contributed by atoms with Gasteiger partial charge in [-0.2, -0.15) is 0 Å². The van der Waals surface area contributed by atoms with Gasteiger partial charge in [-0.3, -0.25) is 23.3 Å². The van der Waals surface area contributed by atoms with Crippen LogP contribution in [0.5, 0.6) is 0 Å². The molecule has 10 aromatic rings. The van der Waals surface area contributed by atoms with Crippen molar-refractivity contribution in [2.75, 3.05) is 43.7 Å². The Kier molecular flexibility index (Phi) is 25.3. The fourth-order valence-electron chi connectivity index (χ4n) is 10.7. The number of benzene rings is 7. The van der Waals surface area contributed by atoms with Crippen molar-refractivity contribution < 1.29 is 80.5 Å². The summed E-state index contributed by atoms with van der Waals surface area (Å²) in [5.74, 6) is -4.09. The molecule has 0 saturated heterocycles. The van der Waals surface area contributed by atoms with Crippen LogP contribution in [-0.2, 0) is 73.4 Å². The average Bonchev–Trinajstić information content (AvgIpc) is 1.66. The highest BCUT2D eigenvalue weighted by Crippen LogP contribution is 2.62. The second kappa shape index (κ2) is 32.3. The maximum Gasteiger partial charge on any atom is 0.347 e. The van der Waals surface area contributed by atoms with Crippen molar-refractivity contribution in [3.05, 3.63) is 191 Å². The van der Waals surface area contributed by atoms with E-state index in [1.807, 2.05) is 84.5 Å². The van der Waals surface area contributed by atoms with E-state index in [0.29, 0.717) is 64.1 Å². The first-order chi connectivity index (χ1) is 44.9. The number of hydrogen-bond acceptors (Lipinski definition) is 13. The van der Waals surface area contributed by atoms with Crippen molar-refractivity contribution in [2.24, 2.45) is 21.1 Å². The van der Waals surface area contributed by atoms with Crippen LogP contribution in [0.4, 0.5) is 11.4 Å². The highest BCUT2D eigenvalue weighted by molar-refractivity contribution is 9.26. The normalized spacial score (nSPS) is 12.4. The highest BCUT2D eigenvalue weighted by atomic mass is 79.9. The fraction of sp³-hybridized carbons (Fsp3) is 0.279. The predicted molar refractivity (Wildman–Crippen MR) is 379 cm³/mol. The Hall–Kier alpha value is -7.82. The van der Waals surface area contributed by atoms with Gasteiger partial charge >= 0.3 is 40.7 Å². The van der Waals surface area contributed by atoms with E-state index in [4.69, 9.17) is 22.8 Å². The zero-order valence-electron chi connectivity index (χ0n) is 54.6. The second-order valence-corrected chi connectivity index (χ2v) is 39.9. The number of aromatic nitrogens is 3. The third-order valence-corrected chi connectivity index (χ3v) is 20.1. The van der Waals surface area contributed by atoms with E-state index in [1.165, 1.54) is 30.5 Å². The van der Waals surface area contributed by atoms with Crippen molar-refractivity contribution >= 4 is 140 Å². The number of carbonyl (C=O) groups excluding carboxylic acids is 3. The molecular weight excluding hydrogens is 1360 g/mol. The summed E-state index contributed by atoms with van der Waals surface area (Å²) in [7, 11) is -6.81. The Labute approximate surface area is 559 Å². The molecule has 2 atom stereocenters. The number of carbonyl (C=O) groups is 5. The standard InChI is InChI=1S/C26H27N2O6P.C22H19N2O6P.C17H24NO5P.C3H9BrSi/c1-4-33-35(32,34-5-2)24(22-16-28(3)23-13-11-19(26(30)31)15-21(22)23)25(29)27-20-12-10-17-8-6-7-9-18(17)14-20;1-24-12-18(17-11-15(22(26)27)7-9-19(17)24)20(31(28,29)30)21(25)23-16-8-6-13-4-2-3-5-14(13)10-16;1-5-21-17(19)13-8-9-16-15(10-13)14(11-18(16)4)12-24(20,22-6-2)23-7-3;1-5(2,3)4/h6-16,24H,4-5H2,1-3H3,(H,27,29)(H,30,31);2-12,20H,1H3,(H,23,25)(H,26,27)(H2,28,29,30);8-11H,5-7,12H2,1-4H3;1-3H3. The molecule has 0 fully saturated rings. The van der Waals surface area contributed by atoms with Crippen LogP contribution in [0.15, 0.2) is 158 Å². The van der Waals surface area contributed by atoms with Gasteiger partial charge in [-0.1, -0.05) is 80.3 Å². The number of anilines is 2. The molecule has 0 aliphatic rings. The first-order valence-corrected chi connectivity index (χ1v) is 41.1. The molecule has 0 spiro atoms. The first kappa shape index (κ1) is 74.6. The van der Waals surface area contributed by atoms with Gasteiger partial charge in [-0.25, -0.2) is 14.4 Å². The Bertz CT molecular complexity index is 4590. The van der Waals surface area contributed by atoms with Crippen LogP contribution in [0, 0.1) is 0 Å². The number of amides is 2. The van der Waals surface area contributed by atoms with Crippen molar-refractivity contribution in [3.8, 4) is 0 Å². The van der Waals surface area contributed by atoms with Crippen LogP contribution in [0.3, 0.4) is 0 Å². The topological polar surface area (TPSA) is 302 Å². The fourth-order valence-corrected chi connectivity index (χ4v) is 15.3. The Morgan fingerprint density at radius 3 is 1.28 bits per heavy atom. The van der Waals surface area contributed by atoms with E-state index in [1.54, 1.807) is 113 Å². The molecule has 2 unspecified atom stereocenters. The third-order valence-electron chi connectivity index (χ3n) is 14.5. The molecule has 0 aliphatic carbocycles. The quantitative estimate of drug-likeness (QED) is 0.0159. The summed E-state index contributed by atoms with van der Waals surface area (Å²) in [6.07, 6.45) is 5.17. The molecule has 2 amide bonds. The van der Waals surface area contributed by atoms with Crippen molar-refractivity contribution in [2.45, 2.75) is 71.7 Å². The van der Waals surface area contributed by atoms with E-state index < -0.39 is 64.6 Å². The lowest BCUT2D eigenvalue weighted by Crippen LogP contribution is -2.23. The lowest BCUT2D eigenvalue weighted by atomic mass is 10.1. The molecule has 7 aromatic carbocycles. The van der Waals surface area contributed by atoms with E-state index >= 15 is 0 Å². The number of fused-ring (bicyclic) bond motifs is 5. The number of carboxylic acid groups (broad SMARTS) is 2. The summed E-state index contributed by atoms with van der Waals surface area (Å²) in [6.45, 7) is 15.7. The third kappa shape index (κ3) is 19.0. The molecule has 6 N–H and O–H groups in total. The van der Waals surface area contributed by atoms with Gasteiger partial charge in [-0.05, 0) is 141 Å². The van der Waals surface area contributed by atoms with E-state index in [9.17, 15) is 57.7 Å². The zero-order chi connectivity index (χ0) is 69.7. The van der Waals surface area contributed by atoms with Crippen LogP contribution in [-0.4, -0.2) is 103 Å². The van der Waals surface area contributed by atoms with Gasteiger partial charge in [0.1, 0.15) is 6.69 Å². The van der Waals surface area contributed by atoms with Crippen LogP contribution >= 0.6 is 38.1 Å². The molecule has 3 heterocycles. The number of rotatable bonds is 22. The Morgan fingerprint density at radius 1 is 0.495 bits per heavy atom. The number of ether oxygens (including phenoxy) is 1. The highest BCUT2D eigenvalue weighted by Gasteiger charge is 2.44. The molecule has 3 aromatic heterocycles. The smallest absolute Gasteiger partial charge is 0.347 e. The van der Waals surface area contributed by atoms with Crippen molar-refractivity contribution in [1.82, 2.24) is 13.7 Å². The molecule has 504 valence electrons. The number of carboxylic acids is 2. The SMILES string of the molecule is CCOC(=O)c1ccc2c(c1)c(CP(=O)(OCC)OCC)cn2C.CCOP(=O)(OCC)C(C(=O)Nc1ccc2ccccc2c1)c1cn(C)c2ccc(C(=O)O)cc12.C[Si](C)(C)Br.Cn1cc(C(C(=O)Nc2ccc3ccccc3c2)P(=O)(O)O)c2cc(C(=O)O)ccc21. The minimum Gasteiger partial charge on any atom is -0.478 e. The van der Waals surface area contributed by atoms with Gasteiger partial charge < -0.3 is 67.2 Å². The number of esters is 1. The molecule has 0 radical (unpaired) electrons. The van der Waals surface area contributed by atoms with Gasteiger partial charge in [0.25, 0.3) is 0 Å². The monoisotopic (exact) mass is 1440 g/mol. The lowest BCUT2D eigenvalue weighted by Gasteiger charge is -2.25. The number of nitrogens with one attached hydrogen (secondary N) is 2. The average molecular weight is 1440 g/mol. The van der Waals surface area contributed by atoms with Gasteiger partial charge in [0.15, 0.2) is 11.3 Å². The maximum atomic E-state index is 14.0. The van der Waals surface area contributed by atoms with Crippen LogP contribution in [0.1, 0.15) is 93.7 Å². The minimum absolute atomic E-state index is 0.0423. The molecule has 0 aliphatic heterocycles. The molecule has 95 heavy (non-hydrogen) atoms. The van der Waals surface area contributed by atoms with Gasteiger partial charge in [0.2, 0.25) is 11.8 Å². The largest absolute Gasteiger partial charge is 0.478 e. The predicted octanol–water partition coefficient (Wildman–Crippen LogP) is 16.2. The summed E-state index contributed by atoms with van der Waals surface area (Å²) in [5, 5.41) is 29.7. The van der Waals surface area contributed by atoms with Crippen molar-refractivity contribution in [3.63, 3.8) is 0 Å². The second-order valence-electron chi connectivity index (χ2n) is 22.7. The number of hydrogen-bond donors (Lipinski definition) is 6. The summed E-state index contributed by atoms with van der Waals surface area (Å²) in [4.78, 5) is 81.8. The zero-order valence-corrected chi connectivity index (χ0v) is 59.8. The summed E-state index contributed by atoms with van der Waals surface area (Å²) >= 11 is 3.51. The molecule has 10 rings (SSSR count). The lowest BCUT2D eigenvalue weighted by molar-refractivity contribution is -0.117. The van der Waals surface area contributed by atoms with Gasteiger partial charge in [-0.15, -0.1) is 15.3 Å². The maximum absolute atomic E-state index is 14.0.